The van der Waals surface area contributed by atoms with Crippen LogP contribution in [-0.4, -0.2) is 9.55 Å². The van der Waals surface area contributed by atoms with E-state index >= 15 is 0 Å². The largest absolute Gasteiger partial charge is 0.436 e. The van der Waals surface area contributed by atoms with Gasteiger partial charge in [-0.3, -0.25) is 0 Å². The summed E-state index contributed by atoms with van der Waals surface area (Å²) in [5.41, 5.74) is 15.1. The van der Waals surface area contributed by atoms with E-state index in [0.717, 1.165) is 55.7 Å². The summed E-state index contributed by atoms with van der Waals surface area (Å²) < 4.78 is 8.99. The molecule has 8 aromatic carbocycles. The van der Waals surface area contributed by atoms with Crippen LogP contribution in [0.3, 0.4) is 0 Å². The number of aromatic nitrogens is 2. The molecule has 2 heterocycles. The first-order chi connectivity index (χ1) is 25.8. The summed E-state index contributed by atoms with van der Waals surface area (Å²) in [7, 11) is 0. The lowest BCUT2D eigenvalue weighted by Crippen LogP contribution is -1.92. The topological polar surface area (TPSA) is 31.0 Å². The number of fused-ring (bicyclic) bond motifs is 4. The van der Waals surface area contributed by atoms with Crippen LogP contribution in [0.1, 0.15) is 0 Å². The van der Waals surface area contributed by atoms with Gasteiger partial charge in [0, 0.05) is 27.6 Å². The van der Waals surface area contributed by atoms with Crippen LogP contribution in [0.5, 0.6) is 0 Å². The lowest BCUT2D eigenvalue weighted by molar-refractivity contribution is 0.620. The molecule has 0 aliphatic heterocycles. The van der Waals surface area contributed by atoms with E-state index in [2.05, 4.69) is 193 Å². The van der Waals surface area contributed by atoms with Crippen LogP contribution in [0.2, 0.25) is 0 Å². The Kier molecular flexibility index (Phi) is 7.14. The molecule has 0 radical (unpaired) electrons. The van der Waals surface area contributed by atoms with Gasteiger partial charge in [-0.1, -0.05) is 133 Å². The van der Waals surface area contributed by atoms with E-state index in [0.29, 0.717) is 5.89 Å². The van der Waals surface area contributed by atoms with Crippen LogP contribution in [0.25, 0.3) is 94.6 Å². The van der Waals surface area contributed by atoms with Crippen molar-refractivity contribution in [3.8, 4) is 61.6 Å². The minimum absolute atomic E-state index is 0.605. The van der Waals surface area contributed by atoms with Crippen LogP contribution in [0.4, 0.5) is 0 Å². The van der Waals surface area contributed by atoms with Gasteiger partial charge in [-0.25, -0.2) is 4.98 Å². The summed E-state index contributed by atoms with van der Waals surface area (Å²) in [6, 6.07) is 68.6. The van der Waals surface area contributed by atoms with Crippen molar-refractivity contribution in [2.75, 3.05) is 0 Å². The van der Waals surface area contributed by atoms with Gasteiger partial charge in [-0.05, 0) is 99.6 Å². The lowest BCUT2D eigenvalue weighted by Gasteiger charge is -2.10. The fraction of sp³-hybridized carbons (Fsp3) is 0. The number of oxazole rings is 1. The standard InChI is InChI=1S/C49H32N2O/c1-4-13-33(14-5-1)35-23-25-36(26-24-35)49-50-48-43(39-18-12-17-37(29-39)34-15-6-2-7-16-34)31-40(32-47(48)52-49)38-27-28-46-44(30-38)42-21-10-11-22-45(42)51(46)41-19-8-3-9-20-41/h1-32H. The fourth-order valence-electron chi connectivity index (χ4n) is 7.48. The zero-order valence-corrected chi connectivity index (χ0v) is 28.3. The van der Waals surface area contributed by atoms with Gasteiger partial charge in [0.05, 0.1) is 11.0 Å². The van der Waals surface area contributed by atoms with E-state index in [1.54, 1.807) is 0 Å². The van der Waals surface area contributed by atoms with E-state index in [-0.39, 0.29) is 0 Å². The second kappa shape index (κ2) is 12.4. The molecule has 0 bridgehead atoms. The molecule has 10 rings (SSSR count). The zero-order chi connectivity index (χ0) is 34.4. The summed E-state index contributed by atoms with van der Waals surface area (Å²) >= 11 is 0. The first-order valence-corrected chi connectivity index (χ1v) is 17.6. The molecule has 0 saturated heterocycles. The normalized spacial score (nSPS) is 11.5. The molecule has 0 aliphatic rings. The Hall–Kier alpha value is -6.97. The number of para-hydroxylation sites is 2. The molecule has 3 heteroatoms. The Labute approximate surface area is 301 Å². The fourth-order valence-corrected chi connectivity index (χ4v) is 7.48. The summed E-state index contributed by atoms with van der Waals surface area (Å²) in [4.78, 5) is 5.16. The van der Waals surface area contributed by atoms with E-state index in [1.807, 2.05) is 6.07 Å². The Morgan fingerprint density at radius 1 is 0.365 bits per heavy atom. The molecule has 2 aromatic heterocycles. The first-order valence-electron chi connectivity index (χ1n) is 17.6. The van der Waals surface area contributed by atoms with Gasteiger partial charge < -0.3 is 8.98 Å². The average Bonchev–Trinajstić information content (AvgIpc) is 3.81. The van der Waals surface area contributed by atoms with Crippen LogP contribution < -0.4 is 0 Å². The van der Waals surface area contributed by atoms with Crippen molar-refractivity contribution < 1.29 is 4.42 Å². The molecule has 52 heavy (non-hydrogen) atoms. The minimum Gasteiger partial charge on any atom is -0.436 e. The molecule has 0 amide bonds. The van der Waals surface area contributed by atoms with Gasteiger partial charge in [-0.2, -0.15) is 0 Å². The van der Waals surface area contributed by atoms with Gasteiger partial charge in [0.25, 0.3) is 0 Å². The van der Waals surface area contributed by atoms with Crippen molar-refractivity contribution in [2.45, 2.75) is 0 Å². The number of benzene rings is 8. The number of hydrogen-bond acceptors (Lipinski definition) is 2. The Bertz CT molecular complexity index is 2870. The molecular weight excluding hydrogens is 633 g/mol. The van der Waals surface area contributed by atoms with Crippen LogP contribution in [0, 0.1) is 0 Å². The van der Waals surface area contributed by atoms with Gasteiger partial charge in [-0.15, -0.1) is 0 Å². The zero-order valence-electron chi connectivity index (χ0n) is 28.3. The molecule has 0 N–H and O–H groups in total. The van der Waals surface area contributed by atoms with Crippen molar-refractivity contribution in [3.05, 3.63) is 194 Å². The Balaban J connectivity index is 1.15. The number of hydrogen-bond donors (Lipinski definition) is 0. The predicted molar refractivity (Wildman–Crippen MR) is 216 cm³/mol. The third-order valence-electron chi connectivity index (χ3n) is 10.0. The molecule has 0 saturated carbocycles. The van der Waals surface area contributed by atoms with Gasteiger partial charge in [0.2, 0.25) is 5.89 Å². The van der Waals surface area contributed by atoms with Crippen molar-refractivity contribution in [3.63, 3.8) is 0 Å². The van der Waals surface area contributed by atoms with E-state index in [1.165, 1.54) is 32.9 Å². The van der Waals surface area contributed by atoms with E-state index in [9.17, 15) is 0 Å². The van der Waals surface area contributed by atoms with Crippen molar-refractivity contribution in [1.29, 1.82) is 0 Å². The highest BCUT2D eigenvalue weighted by Crippen LogP contribution is 2.40. The predicted octanol–water partition coefficient (Wildman–Crippen LogP) is 13.3. The second-order valence-electron chi connectivity index (χ2n) is 13.2. The van der Waals surface area contributed by atoms with Crippen molar-refractivity contribution in [1.82, 2.24) is 9.55 Å². The molecule has 0 fully saturated rings. The lowest BCUT2D eigenvalue weighted by atomic mass is 9.94. The first kappa shape index (κ1) is 29.9. The maximum Gasteiger partial charge on any atom is 0.227 e. The molecule has 244 valence electrons. The van der Waals surface area contributed by atoms with Crippen LogP contribution in [0.15, 0.2) is 199 Å². The van der Waals surface area contributed by atoms with Crippen LogP contribution in [-0.2, 0) is 0 Å². The maximum atomic E-state index is 6.64. The van der Waals surface area contributed by atoms with Gasteiger partial charge in [0.1, 0.15) is 5.52 Å². The smallest absolute Gasteiger partial charge is 0.227 e. The maximum absolute atomic E-state index is 6.64. The molecular formula is C49H32N2O. The molecule has 10 aromatic rings. The summed E-state index contributed by atoms with van der Waals surface area (Å²) in [5.74, 6) is 0.605. The van der Waals surface area contributed by atoms with Crippen molar-refractivity contribution in [2.24, 2.45) is 0 Å². The highest BCUT2D eigenvalue weighted by molar-refractivity contribution is 6.11. The van der Waals surface area contributed by atoms with E-state index in [4.69, 9.17) is 9.40 Å². The number of nitrogens with zero attached hydrogens (tertiary/aromatic N) is 2. The van der Waals surface area contributed by atoms with E-state index < -0.39 is 0 Å². The highest BCUT2D eigenvalue weighted by Gasteiger charge is 2.18. The van der Waals surface area contributed by atoms with Crippen LogP contribution >= 0.6 is 0 Å². The third-order valence-corrected chi connectivity index (χ3v) is 10.0. The van der Waals surface area contributed by atoms with Crippen molar-refractivity contribution >= 4 is 32.9 Å². The third kappa shape index (κ3) is 5.19. The second-order valence-corrected chi connectivity index (χ2v) is 13.2. The molecule has 0 aliphatic carbocycles. The molecule has 3 nitrogen and oxygen atoms in total. The molecule has 0 atom stereocenters. The monoisotopic (exact) mass is 664 g/mol. The summed E-state index contributed by atoms with van der Waals surface area (Å²) in [6.45, 7) is 0. The number of rotatable bonds is 6. The minimum atomic E-state index is 0.605. The Morgan fingerprint density at radius 2 is 0.923 bits per heavy atom. The summed E-state index contributed by atoms with van der Waals surface area (Å²) in [6.07, 6.45) is 0. The average molecular weight is 665 g/mol. The van der Waals surface area contributed by atoms with Gasteiger partial charge in [0.15, 0.2) is 5.58 Å². The van der Waals surface area contributed by atoms with Gasteiger partial charge >= 0.3 is 0 Å². The summed E-state index contributed by atoms with van der Waals surface area (Å²) in [5, 5.41) is 2.43. The molecule has 0 spiro atoms. The highest BCUT2D eigenvalue weighted by atomic mass is 16.3. The Morgan fingerprint density at radius 3 is 1.69 bits per heavy atom. The SMILES string of the molecule is c1ccc(-c2ccc(-c3nc4c(-c5cccc(-c6ccccc6)c5)cc(-c5ccc6c(c5)c5ccccc5n6-c5ccccc5)cc4o3)cc2)cc1. The molecule has 0 unspecified atom stereocenters. The quantitative estimate of drug-likeness (QED) is 0.177.